The lowest BCUT2D eigenvalue weighted by Crippen LogP contribution is -2.57. The van der Waals surface area contributed by atoms with Crippen LogP contribution in [0.25, 0.3) is 0 Å². The number of fused-ring (bicyclic) bond motifs is 1. The number of nitrogens with one attached hydrogen (secondary N) is 1. The zero-order valence-corrected chi connectivity index (χ0v) is 14.7. The molecule has 2 saturated heterocycles. The van der Waals surface area contributed by atoms with Gasteiger partial charge in [-0.15, -0.1) is 0 Å². The minimum absolute atomic E-state index is 0.00196. The van der Waals surface area contributed by atoms with Gasteiger partial charge in [-0.3, -0.25) is 19.7 Å². The van der Waals surface area contributed by atoms with Crippen LogP contribution in [0.1, 0.15) is 35.4 Å². The lowest BCUT2D eigenvalue weighted by atomic mass is 9.83. The van der Waals surface area contributed by atoms with E-state index in [0.29, 0.717) is 37.7 Å². The van der Waals surface area contributed by atoms with E-state index in [9.17, 15) is 9.59 Å². The van der Waals surface area contributed by atoms with Crippen LogP contribution < -0.4 is 0 Å². The summed E-state index contributed by atoms with van der Waals surface area (Å²) in [6.45, 7) is 2.08. The second-order valence-electron chi connectivity index (χ2n) is 7.03. The SMILES string of the molecule is O=C(c1ccn[nH]1)N1CC[C@@H]2[C@@H](CCC(=O)N2CCc2ccccn2)C1. The van der Waals surface area contributed by atoms with Crippen molar-refractivity contribution in [3.8, 4) is 0 Å². The van der Waals surface area contributed by atoms with Crippen molar-refractivity contribution in [2.24, 2.45) is 5.92 Å². The van der Waals surface area contributed by atoms with Gasteiger partial charge in [0.1, 0.15) is 5.69 Å². The molecule has 0 spiro atoms. The molecule has 0 saturated carbocycles. The number of H-pyrrole nitrogens is 1. The van der Waals surface area contributed by atoms with Gasteiger partial charge < -0.3 is 9.80 Å². The first-order valence-electron chi connectivity index (χ1n) is 9.20. The topological polar surface area (TPSA) is 82.2 Å². The second-order valence-corrected chi connectivity index (χ2v) is 7.03. The molecule has 1 N–H and O–H groups in total. The van der Waals surface area contributed by atoms with E-state index < -0.39 is 0 Å². The number of pyridine rings is 1. The fourth-order valence-corrected chi connectivity index (χ4v) is 4.15. The molecular weight excluding hydrogens is 330 g/mol. The van der Waals surface area contributed by atoms with E-state index in [1.54, 1.807) is 18.5 Å². The molecule has 7 heteroatoms. The fraction of sp³-hybridized carbons (Fsp3) is 0.474. The summed E-state index contributed by atoms with van der Waals surface area (Å²) in [6, 6.07) is 7.81. The predicted molar refractivity (Wildman–Crippen MR) is 95.3 cm³/mol. The first-order chi connectivity index (χ1) is 12.7. The molecule has 0 aliphatic carbocycles. The van der Waals surface area contributed by atoms with Crippen LogP contribution >= 0.6 is 0 Å². The normalized spacial score (nSPS) is 23.0. The summed E-state index contributed by atoms with van der Waals surface area (Å²) in [6.07, 6.45) is 6.41. The number of carbonyl (C=O) groups is 2. The van der Waals surface area contributed by atoms with Gasteiger partial charge >= 0.3 is 0 Å². The molecular formula is C19H23N5O2. The standard InChI is InChI=1S/C19H23N5O2/c25-18-5-4-14-13-23(19(26)16-6-10-21-22-16)11-8-17(14)24(18)12-7-15-3-1-2-9-20-15/h1-3,6,9-10,14,17H,4-5,7-8,11-13H2,(H,21,22)/t14-,17+/m0/s1. The van der Waals surface area contributed by atoms with Crippen molar-refractivity contribution in [3.05, 3.63) is 48.0 Å². The summed E-state index contributed by atoms with van der Waals surface area (Å²) < 4.78 is 0. The molecule has 0 aromatic carbocycles. The van der Waals surface area contributed by atoms with E-state index >= 15 is 0 Å². The number of likely N-dealkylation sites (tertiary alicyclic amines) is 2. The molecule has 2 aromatic heterocycles. The van der Waals surface area contributed by atoms with Gasteiger partial charge in [-0.05, 0) is 37.0 Å². The highest BCUT2D eigenvalue weighted by molar-refractivity contribution is 5.92. The average Bonchev–Trinajstić information content (AvgIpc) is 3.22. The summed E-state index contributed by atoms with van der Waals surface area (Å²) in [7, 11) is 0. The molecule has 2 atom stereocenters. The highest BCUT2D eigenvalue weighted by Crippen LogP contribution is 2.31. The first-order valence-corrected chi connectivity index (χ1v) is 9.20. The van der Waals surface area contributed by atoms with Crippen LogP contribution in [0, 0.1) is 5.92 Å². The van der Waals surface area contributed by atoms with Crippen molar-refractivity contribution in [2.45, 2.75) is 31.7 Å². The number of hydrogen-bond acceptors (Lipinski definition) is 4. The lowest BCUT2D eigenvalue weighted by Gasteiger charge is -2.47. The summed E-state index contributed by atoms with van der Waals surface area (Å²) in [5.41, 5.74) is 1.54. The third-order valence-electron chi connectivity index (χ3n) is 5.50. The molecule has 4 heterocycles. The predicted octanol–water partition coefficient (Wildman–Crippen LogP) is 1.50. The van der Waals surface area contributed by atoms with Crippen LogP contribution in [0.5, 0.6) is 0 Å². The summed E-state index contributed by atoms with van der Waals surface area (Å²) in [5, 5.41) is 6.61. The van der Waals surface area contributed by atoms with Crippen molar-refractivity contribution >= 4 is 11.8 Å². The minimum Gasteiger partial charge on any atom is -0.339 e. The van der Waals surface area contributed by atoms with Gasteiger partial charge in [0.2, 0.25) is 5.91 Å². The molecule has 2 aromatic rings. The molecule has 26 heavy (non-hydrogen) atoms. The number of hydrogen-bond donors (Lipinski definition) is 1. The Morgan fingerprint density at radius 2 is 2.15 bits per heavy atom. The third-order valence-corrected chi connectivity index (χ3v) is 5.50. The molecule has 136 valence electrons. The van der Waals surface area contributed by atoms with E-state index in [-0.39, 0.29) is 17.9 Å². The quantitative estimate of drug-likeness (QED) is 0.903. The highest BCUT2D eigenvalue weighted by Gasteiger charge is 2.40. The molecule has 4 rings (SSSR count). The van der Waals surface area contributed by atoms with Crippen LogP contribution in [0.4, 0.5) is 0 Å². The van der Waals surface area contributed by atoms with Crippen molar-refractivity contribution in [3.63, 3.8) is 0 Å². The van der Waals surface area contributed by atoms with E-state index in [1.165, 1.54) is 0 Å². The number of piperidine rings is 2. The minimum atomic E-state index is -0.00196. The Balaban J connectivity index is 1.41. The van der Waals surface area contributed by atoms with Gasteiger partial charge in [0.05, 0.1) is 0 Å². The van der Waals surface area contributed by atoms with Crippen LogP contribution in [0.15, 0.2) is 36.7 Å². The zero-order valence-electron chi connectivity index (χ0n) is 14.7. The van der Waals surface area contributed by atoms with Gasteiger partial charge in [0, 0.05) is 56.6 Å². The summed E-state index contributed by atoms with van der Waals surface area (Å²) in [4.78, 5) is 33.3. The van der Waals surface area contributed by atoms with Gasteiger partial charge in [0.25, 0.3) is 5.91 Å². The average molecular weight is 353 g/mol. The maximum Gasteiger partial charge on any atom is 0.271 e. The number of rotatable bonds is 4. The van der Waals surface area contributed by atoms with Crippen molar-refractivity contribution < 1.29 is 9.59 Å². The molecule has 2 amide bonds. The molecule has 0 radical (unpaired) electrons. The Morgan fingerprint density at radius 3 is 2.92 bits per heavy atom. The Morgan fingerprint density at radius 1 is 1.23 bits per heavy atom. The van der Waals surface area contributed by atoms with Crippen LogP contribution in [-0.2, 0) is 11.2 Å². The van der Waals surface area contributed by atoms with E-state index in [2.05, 4.69) is 15.2 Å². The summed E-state index contributed by atoms with van der Waals surface area (Å²) >= 11 is 0. The Hall–Kier alpha value is -2.70. The van der Waals surface area contributed by atoms with Gasteiger partial charge in [0.15, 0.2) is 0 Å². The van der Waals surface area contributed by atoms with Crippen molar-refractivity contribution in [2.75, 3.05) is 19.6 Å². The number of carbonyl (C=O) groups excluding carboxylic acids is 2. The summed E-state index contributed by atoms with van der Waals surface area (Å²) in [5.74, 6) is 0.575. The van der Waals surface area contributed by atoms with Gasteiger partial charge in [-0.25, -0.2) is 0 Å². The molecule has 7 nitrogen and oxygen atoms in total. The maximum absolute atomic E-state index is 12.6. The molecule has 0 bridgehead atoms. The van der Waals surface area contributed by atoms with Crippen molar-refractivity contribution in [1.82, 2.24) is 25.0 Å². The molecule has 2 aliphatic rings. The number of aromatic nitrogens is 3. The Bertz CT molecular complexity index is 762. The maximum atomic E-state index is 12.6. The molecule has 2 fully saturated rings. The van der Waals surface area contributed by atoms with E-state index in [0.717, 1.165) is 25.0 Å². The molecule has 2 aliphatic heterocycles. The van der Waals surface area contributed by atoms with Crippen molar-refractivity contribution in [1.29, 1.82) is 0 Å². The molecule has 0 unspecified atom stereocenters. The number of amides is 2. The van der Waals surface area contributed by atoms with E-state index in [4.69, 9.17) is 0 Å². The lowest BCUT2D eigenvalue weighted by molar-refractivity contribution is -0.140. The van der Waals surface area contributed by atoms with Gasteiger partial charge in [-0.2, -0.15) is 5.10 Å². The largest absolute Gasteiger partial charge is 0.339 e. The first kappa shape index (κ1) is 16.8. The Labute approximate surface area is 152 Å². The third kappa shape index (κ3) is 3.34. The van der Waals surface area contributed by atoms with E-state index in [1.807, 2.05) is 28.0 Å². The second kappa shape index (κ2) is 7.27. The van der Waals surface area contributed by atoms with Gasteiger partial charge in [-0.1, -0.05) is 6.07 Å². The Kier molecular flexibility index (Phi) is 4.69. The van der Waals surface area contributed by atoms with Crippen LogP contribution in [-0.4, -0.2) is 62.5 Å². The zero-order chi connectivity index (χ0) is 17.9. The smallest absolute Gasteiger partial charge is 0.271 e. The number of aromatic amines is 1. The van der Waals surface area contributed by atoms with Crippen LogP contribution in [0.3, 0.4) is 0 Å². The number of nitrogens with zero attached hydrogens (tertiary/aromatic N) is 4. The van der Waals surface area contributed by atoms with Crippen LogP contribution in [0.2, 0.25) is 0 Å². The monoisotopic (exact) mass is 353 g/mol. The highest BCUT2D eigenvalue weighted by atomic mass is 16.2. The fourth-order valence-electron chi connectivity index (χ4n) is 4.15.